The fourth-order valence-corrected chi connectivity index (χ4v) is 2.92. The second-order valence-electron chi connectivity index (χ2n) is 5.20. The average molecular weight is 286 g/mol. The Bertz CT molecular complexity index is 615. The molecule has 1 aromatic carbocycles. The van der Waals surface area contributed by atoms with Crippen molar-refractivity contribution >= 4 is 5.97 Å². The minimum absolute atomic E-state index is 0.230. The van der Waals surface area contributed by atoms with Gasteiger partial charge in [-0.25, -0.2) is 9.78 Å². The molecule has 1 saturated heterocycles. The number of benzene rings is 1. The molecule has 0 aliphatic carbocycles. The Morgan fingerprint density at radius 2 is 2.00 bits per heavy atom. The van der Waals surface area contributed by atoms with E-state index in [-0.39, 0.29) is 5.41 Å². The first kappa shape index (κ1) is 13.8. The molecule has 0 saturated carbocycles. The van der Waals surface area contributed by atoms with Crippen LogP contribution in [0.2, 0.25) is 0 Å². The quantitative estimate of drug-likeness (QED) is 0.879. The van der Waals surface area contributed by atoms with Crippen LogP contribution < -0.4 is 0 Å². The van der Waals surface area contributed by atoms with Crippen molar-refractivity contribution in [1.82, 2.24) is 9.97 Å². The third-order valence-electron chi connectivity index (χ3n) is 4.11. The first-order valence-corrected chi connectivity index (χ1v) is 7.03. The summed E-state index contributed by atoms with van der Waals surface area (Å²) >= 11 is 0. The number of H-pyrrole nitrogens is 1. The van der Waals surface area contributed by atoms with E-state index >= 15 is 0 Å². The lowest BCUT2D eigenvalue weighted by Gasteiger charge is -2.36. The molecular weight excluding hydrogens is 268 g/mol. The first-order chi connectivity index (χ1) is 10.3. The van der Waals surface area contributed by atoms with Crippen molar-refractivity contribution in [2.45, 2.75) is 18.3 Å². The Hall–Kier alpha value is -2.14. The lowest BCUT2D eigenvalue weighted by atomic mass is 9.73. The van der Waals surface area contributed by atoms with Crippen molar-refractivity contribution < 1.29 is 14.3 Å². The maximum atomic E-state index is 11.6. The summed E-state index contributed by atoms with van der Waals surface area (Å²) in [6, 6.07) is 10.3. The predicted molar refractivity (Wildman–Crippen MR) is 77.2 cm³/mol. The van der Waals surface area contributed by atoms with Crippen LogP contribution in [0.25, 0.3) is 0 Å². The molecule has 1 aliphatic heterocycles. The van der Waals surface area contributed by atoms with Crippen LogP contribution in [0.3, 0.4) is 0 Å². The predicted octanol–water partition coefficient (Wildman–Crippen LogP) is 2.29. The average Bonchev–Trinajstić information content (AvgIpc) is 3.06. The zero-order valence-electron chi connectivity index (χ0n) is 12.0. The second-order valence-corrected chi connectivity index (χ2v) is 5.20. The lowest BCUT2D eigenvalue weighted by Crippen LogP contribution is -2.36. The molecular formula is C16H18N2O3. The number of methoxy groups -OCH3 is 1. The number of hydrogen-bond acceptors (Lipinski definition) is 4. The van der Waals surface area contributed by atoms with E-state index in [1.165, 1.54) is 12.7 Å². The van der Waals surface area contributed by atoms with Crippen LogP contribution in [-0.2, 0) is 14.9 Å². The van der Waals surface area contributed by atoms with E-state index < -0.39 is 5.97 Å². The summed E-state index contributed by atoms with van der Waals surface area (Å²) in [7, 11) is 1.37. The van der Waals surface area contributed by atoms with Gasteiger partial charge in [-0.1, -0.05) is 30.3 Å². The molecule has 2 aromatic rings. The first-order valence-electron chi connectivity index (χ1n) is 7.03. The smallest absolute Gasteiger partial charge is 0.356 e. The fraction of sp³-hybridized carbons (Fsp3) is 0.375. The third kappa shape index (κ3) is 2.45. The standard InChI is InChI=1S/C16H18N2O3/c1-20-14(19)13-11-17-15(18-13)16(7-9-21-10-8-16)12-5-3-2-4-6-12/h2-6,11H,7-10H2,1H3,(H,17,18). The van der Waals surface area contributed by atoms with E-state index in [0.29, 0.717) is 18.9 Å². The highest BCUT2D eigenvalue weighted by atomic mass is 16.5. The highest BCUT2D eigenvalue weighted by molar-refractivity contribution is 5.86. The monoisotopic (exact) mass is 286 g/mol. The Kier molecular flexibility index (Phi) is 3.75. The molecule has 5 nitrogen and oxygen atoms in total. The Morgan fingerprint density at radius 3 is 2.67 bits per heavy atom. The number of aromatic nitrogens is 2. The SMILES string of the molecule is COC(=O)c1cnc(C2(c3ccccc3)CCOCC2)[nH]1. The van der Waals surface area contributed by atoms with Gasteiger partial charge in [-0.15, -0.1) is 0 Å². The summed E-state index contributed by atoms with van der Waals surface area (Å²) < 4.78 is 10.3. The normalized spacial score (nSPS) is 17.4. The molecule has 0 spiro atoms. The molecule has 21 heavy (non-hydrogen) atoms. The summed E-state index contributed by atoms with van der Waals surface area (Å²) in [4.78, 5) is 19.2. The highest BCUT2D eigenvalue weighted by Gasteiger charge is 2.39. The second kappa shape index (κ2) is 5.69. The number of aromatic amines is 1. The summed E-state index contributed by atoms with van der Waals surface area (Å²) in [6.45, 7) is 1.37. The zero-order valence-corrected chi connectivity index (χ0v) is 12.0. The summed E-state index contributed by atoms with van der Waals surface area (Å²) in [5, 5.41) is 0. The van der Waals surface area contributed by atoms with Gasteiger partial charge in [-0.3, -0.25) is 0 Å². The molecule has 0 radical (unpaired) electrons. The van der Waals surface area contributed by atoms with Crippen molar-refractivity contribution in [2.24, 2.45) is 0 Å². The van der Waals surface area contributed by atoms with Gasteiger partial charge in [0.2, 0.25) is 0 Å². The van der Waals surface area contributed by atoms with E-state index in [1.54, 1.807) is 6.20 Å². The van der Waals surface area contributed by atoms with Crippen LogP contribution in [-0.4, -0.2) is 36.3 Å². The molecule has 5 heteroatoms. The summed E-state index contributed by atoms with van der Waals surface area (Å²) in [5.74, 6) is 0.404. The van der Waals surface area contributed by atoms with Gasteiger partial charge in [-0.05, 0) is 18.4 Å². The van der Waals surface area contributed by atoms with Crippen LogP contribution in [0.1, 0.15) is 34.7 Å². The molecule has 110 valence electrons. The number of carbonyl (C=O) groups is 1. The molecule has 0 unspecified atom stereocenters. The van der Waals surface area contributed by atoms with Gasteiger partial charge in [-0.2, -0.15) is 0 Å². The highest BCUT2D eigenvalue weighted by Crippen LogP contribution is 2.39. The van der Waals surface area contributed by atoms with Crippen molar-refractivity contribution in [3.8, 4) is 0 Å². The minimum Gasteiger partial charge on any atom is -0.464 e. The summed E-state index contributed by atoms with van der Waals surface area (Å²) in [5.41, 5.74) is 1.35. The topological polar surface area (TPSA) is 64.2 Å². The number of rotatable bonds is 3. The number of nitrogens with one attached hydrogen (secondary N) is 1. The fourth-order valence-electron chi connectivity index (χ4n) is 2.92. The van der Waals surface area contributed by atoms with Crippen LogP contribution in [0.15, 0.2) is 36.5 Å². The van der Waals surface area contributed by atoms with Gasteiger partial charge in [0, 0.05) is 13.2 Å². The van der Waals surface area contributed by atoms with Crippen molar-refractivity contribution in [1.29, 1.82) is 0 Å². The molecule has 0 atom stereocenters. The lowest BCUT2D eigenvalue weighted by molar-refractivity contribution is 0.0585. The van der Waals surface area contributed by atoms with Gasteiger partial charge in [0.1, 0.15) is 11.5 Å². The third-order valence-corrected chi connectivity index (χ3v) is 4.11. The van der Waals surface area contributed by atoms with Crippen molar-refractivity contribution in [3.05, 3.63) is 53.6 Å². The van der Waals surface area contributed by atoms with Crippen LogP contribution in [0, 0.1) is 0 Å². The maximum absolute atomic E-state index is 11.6. The summed E-state index contributed by atoms with van der Waals surface area (Å²) in [6.07, 6.45) is 3.22. The number of imidazole rings is 1. The van der Waals surface area contributed by atoms with Crippen LogP contribution in [0.4, 0.5) is 0 Å². The molecule has 0 amide bonds. The van der Waals surface area contributed by atoms with Crippen molar-refractivity contribution in [3.63, 3.8) is 0 Å². The number of nitrogens with zero attached hydrogens (tertiary/aromatic N) is 1. The van der Waals surface area contributed by atoms with E-state index in [4.69, 9.17) is 9.47 Å². The van der Waals surface area contributed by atoms with Crippen LogP contribution >= 0.6 is 0 Å². The van der Waals surface area contributed by atoms with Gasteiger partial charge in [0.05, 0.1) is 18.7 Å². The van der Waals surface area contributed by atoms with E-state index in [2.05, 4.69) is 22.1 Å². The Balaban J connectivity index is 2.04. The Morgan fingerprint density at radius 1 is 1.29 bits per heavy atom. The minimum atomic E-state index is -0.399. The molecule has 1 aromatic heterocycles. The van der Waals surface area contributed by atoms with Crippen molar-refractivity contribution in [2.75, 3.05) is 20.3 Å². The molecule has 1 aliphatic rings. The number of carbonyl (C=O) groups excluding carboxylic acids is 1. The van der Waals surface area contributed by atoms with E-state index in [0.717, 1.165) is 18.7 Å². The molecule has 3 rings (SSSR count). The number of ether oxygens (including phenoxy) is 2. The number of esters is 1. The van der Waals surface area contributed by atoms with E-state index in [1.807, 2.05) is 18.2 Å². The zero-order chi connectivity index (χ0) is 14.7. The molecule has 0 bridgehead atoms. The number of hydrogen-bond donors (Lipinski definition) is 1. The molecule has 1 N–H and O–H groups in total. The van der Waals surface area contributed by atoms with E-state index in [9.17, 15) is 4.79 Å². The molecule has 1 fully saturated rings. The molecule has 2 heterocycles. The largest absolute Gasteiger partial charge is 0.464 e. The van der Waals surface area contributed by atoms with Gasteiger partial charge < -0.3 is 14.5 Å². The van der Waals surface area contributed by atoms with Gasteiger partial charge in [0.15, 0.2) is 0 Å². The van der Waals surface area contributed by atoms with Crippen LogP contribution in [0.5, 0.6) is 0 Å². The van der Waals surface area contributed by atoms with Gasteiger partial charge >= 0.3 is 5.97 Å². The maximum Gasteiger partial charge on any atom is 0.356 e. The van der Waals surface area contributed by atoms with Gasteiger partial charge in [0.25, 0.3) is 0 Å². The Labute approximate surface area is 123 Å².